The highest BCUT2D eigenvalue weighted by Gasteiger charge is 2.50. The number of rotatable bonds is 2. The van der Waals surface area contributed by atoms with Gasteiger partial charge in [-0.15, -0.1) is 0 Å². The molecule has 4 nitrogen and oxygen atoms in total. The predicted molar refractivity (Wildman–Crippen MR) is 62.2 cm³/mol. The quantitative estimate of drug-likeness (QED) is 0.733. The lowest BCUT2D eigenvalue weighted by molar-refractivity contribution is -0.160. The van der Waals surface area contributed by atoms with Crippen LogP contribution in [0, 0.1) is 17.8 Å². The van der Waals surface area contributed by atoms with Crippen LogP contribution in [0.1, 0.15) is 32.1 Å². The summed E-state index contributed by atoms with van der Waals surface area (Å²) in [5.74, 6) is 0.975. The number of hydrogen-bond donors (Lipinski definition) is 1. The smallest absolute Gasteiger partial charge is 0.311 e. The monoisotopic (exact) mass is 239 g/mol. The number of carbonyl (C=O) groups is 1. The fourth-order valence-electron chi connectivity index (χ4n) is 3.72. The van der Waals surface area contributed by atoms with E-state index in [1.54, 1.807) is 0 Å². The summed E-state index contributed by atoms with van der Waals surface area (Å²) >= 11 is 0. The molecule has 17 heavy (non-hydrogen) atoms. The van der Waals surface area contributed by atoms with Crippen LogP contribution >= 0.6 is 0 Å². The van der Waals surface area contributed by atoms with Crippen LogP contribution in [0.3, 0.4) is 0 Å². The minimum atomic E-state index is -0.0448. The third-order valence-corrected chi connectivity index (χ3v) is 4.70. The van der Waals surface area contributed by atoms with Crippen LogP contribution in [0.5, 0.6) is 0 Å². The predicted octanol–water partition coefficient (Wildman–Crippen LogP) is 1.08. The van der Waals surface area contributed by atoms with E-state index >= 15 is 0 Å². The number of nitrogens with two attached hydrogens (primary N) is 1. The van der Waals surface area contributed by atoms with Crippen LogP contribution in [0.2, 0.25) is 0 Å². The van der Waals surface area contributed by atoms with Crippen molar-refractivity contribution in [1.82, 2.24) is 0 Å². The highest BCUT2D eigenvalue weighted by atomic mass is 16.6. The van der Waals surface area contributed by atoms with E-state index in [0.717, 1.165) is 25.7 Å². The van der Waals surface area contributed by atoms with Crippen LogP contribution in [0.15, 0.2) is 0 Å². The molecule has 3 aliphatic rings. The number of ether oxygens (including phenoxy) is 2. The third-order valence-electron chi connectivity index (χ3n) is 4.70. The maximum absolute atomic E-state index is 12.2. The van der Waals surface area contributed by atoms with Crippen molar-refractivity contribution >= 4 is 5.97 Å². The first-order valence-electron chi connectivity index (χ1n) is 6.79. The average Bonchev–Trinajstić information content (AvgIpc) is 2.90. The molecule has 0 aromatic rings. The van der Waals surface area contributed by atoms with Gasteiger partial charge in [0.1, 0.15) is 6.10 Å². The van der Waals surface area contributed by atoms with Gasteiger partial charge < -0.3 is 15.2 Å². The van der Waals surface area contributed by atoms with Gasteiger partial charge >= 0.3 is 5.97 Å². The second-order valence-corrected chi connectivity index (χ2v) is 5.68. The highest BCUT2D eigenvalue weighted by Crippen LogP contribution is 2.48. The molecule has 2 saturated carbocycles. The number of hydrogen-bond acceptors (Lipinski definition) is 4. The molecule has 2 aliphatic carbocycles. The van der Waals surface area contributed by atoms with Crippen molar-refractivity contribution < 1.29 is 14.3 Å². The van der Waals surface area contributed by atoms with E-state index in [1.165, 1.54) is 6.42 Å². The molecule has 0 amide bonds. The van der Waals surface area contributed by atoms with Gasteiger partial charge in [0.05, 0.1) is 19.1 Å². The van der Waals surface area contributed by atoms with E-state index in [1.807, 2.05) is 0 Å². The summed E-state index contributed by atoms with van der Waals surface area (Å²) in [5.41, 5.74) is 6.14. The SMILES string of the molecule is NC1C2CCC(C2)C1C(=O)OC1CCOCC1. The van der Waals surface area contributed by atoms with E-state index in [4.69, 9.17) is 15.2 Å². The van der Waals surface area contributed by atoms with E-state index in [2.05, 4.69) is 0 Å². The summed E-state index contributed by atoms with van der Waals surface area (Å²) in [6.45, 7) is 1.42. The van der Waals surface area contributed by atoms with Gasteiger partial charge in [-0.1, -0.05) is 0 Å². The summed E-state index contributed by atoms with van der Waals surface area (Å²) in [7, 11) is 0. The van der Waals surface area contributed by atoms with E-state index in [9.17, 15) is 4.79 Å². The first kappa shape index (κ1) is 11.5. The minimum absolute atomic E-state index is 0.0309. The lowest BCUT2D eigenvalue weighted by Crippen LogP contribution is -2.42. The molecule has 1 saturated heterocycles. The Balaban J connectivity index is 1.58. The van der Waals surface area contributed by atoms with Gasteiger partial charge in [0, 0.05) is 18.9 Å². The normalized spacial score (nSPS) is 41.7. The fourth-order valence-corrected chi connectivity index (χ4v) is 3.72. The molecule has 0 aromatic carbocycles. The Morgan fingerprint density at radius 3 is 2.47 bits per heavy atom. The third kappa shape index (κ3) is 2.08. The molecule has 0 aromatic heterocycles. The summed E-state index contributed by atoms with van der Waals surface area (Å²) in [6.07, 6.45) is 5.22. The van der Waals surface area contributed by atoms with Crippen LogP contribution in [-0.4, -0.2) is 31.3 Å². The van der Waals surface area contributed by atoms with Crippen molar-refractivity contribution in [2.45, 2.75) is 44.2 Å². The van der Waals surface area contributed by atoms with Crippen molar-refractivity contribution in [2.75, 3.05) is 13.2 Å². The Kier molecular flexibility index (Phi) is 3.09. The van der Waals surface area contributed by atoms with Crippen molar-refractivity contribution in [1.29, 1.82) is 0 Å². The molecular weight excluding hydrogens is 218 g/mol. The first-order valence-corrected chi connectivity index (χ1v) is 6.79. The van der Waals surface area contributed by atoms with Gasteiger partial charge in [-0.3, -0.25) is 4.79 Å². The number of esters is 1. The Morgan fingerprint density at radius 2 is 1.82 bits per heavy atom. The van der Waals surface area contributed by atoms with Crippen LogP contribution in [0.4, 0.5) is 0 Å². The second kappa shape index (κ2) is 4.58. The van der Waals surface area contributed by atoms with Gasteiger partial charge in [0.15, 0.2) is 0 Å². The van der Waals surface area contributed by atoms with E-state index in [0.29, 0.717) is 25.0 Å². The topological polar surface area (TPSA) is 61.6 Å². The van der Waals surface area contributed by atoms with E-state index < -0.39 is 0 Å². The number of carbonyl (C=O) groups excluding carboxylic acids is 1. The molecule has 3 fully saturated rings. The molecule has 0 spiro atoms. The van der Waals surface area contributed by atoms with Crippen LogP contribution < -0.4 is 5.73 Å². The summed E-state index contributed by atoms with van der Waals surface area (Å²) in [5, 5.41) is 0. The molecule has 4 atom stereocenters. The largest absolute Gasteiger partial charge is 0.462 e. The standard InChI is InChI=1S/C13H21NO3/c14-12-9-2-1-8(7-9)11(12)13(15)17-10-3-5-16-6-4-10/h8-12H,1-7,14H2. The van der Waals surface area contributed by atoms with Crippen molar-refractivity contribution in [3.05, 3.63) is 0 Å². The molecule has 2 N–H and O–H groups in total. The highest BCUT2D eigenvalue weighted by molar-refractivity contribution is 5.74. The average molecular weight is 239 g/mol. The maximum Gasteiger partial charge on any atom is 0.311 e. The van der Waals surface area contributed by atoms with Gasteiger partial charge in [0.25, 0.3) is 0 Å². The van der Waals surface area contributed by atoms with Gasteiger partial charge in [-0.25, -0.2) is 0 Å². The second-order valence-electron chi connectivity index (χ2n) is 5.68. The zero-order chi connectivity index (χ0) is 11.8. The Hall–Kier alpha value is -0.610. The van der Waals surface area contributed by atoms with Crippen molar-refractivity contribution in [3.63, 3.8) is 0 Å². The first-order chi connectivity index (χ1) is 8.25. The van der Waals surface area contributed by atoms with Crippen molar-refractivity contribution in [3.8, 4) is 0 Å². The molecule has 4 heteroatoms. The molecule has 4 unspecified atom stereocenters. The summed E-state index contributed by atoms with van der Waals surface area (Å²) in [6, 6.07) is 0.0427. The zero-order valence-corrected chi connectivity index (χ0v) is 10.1. The van der Waals surface area contributed by atoms with Crippen LogP contribution in [0.25, 0.3) is 0 Å². The molecule has 96 valence electrons. The van der Waals surface area contributed by atoms with Crippen molar-refractivity contribution in [2.24, 2.45) is 23.5 Å². The van der Waals surface area contributed by atoms with Gasteiger partial charge in [-0.05, 0) is 31.1 Å². The lowest BCUT2D eigenvalue weighted by Gasteiger charge is -2.29. The molecule has 1 heterocycles. The molecule has 2 bridgehead atoms. The molecule has 3 rings (SSSR count). The molecule has 0 radical (unpaired) electrons. The summed E-state index contributed by atoms with van der Waals surface area (Å²) < 4.78 is 10.9. The molecular formula is C13H21NO3. The van der Waals surface area contributed by atoms with Crippen LogP contribution in [-0.2, 0) is 14.3 Å². The maximum atomic E-state index is 12.2. The Morgan fingerprint density at radius 1 is 1.12 bits per heavy atom. The number of fused-ring (bicyclic) bond motifs is 2. The van der Waals surface area contributed by atoms with Gasteiger partial charge in [-0.2, -0.15) is 0 Å². The van der Waals surface area contributed by atoms with E-state index in [-0.39, 0.29) is 24.0 Å². The fraction of sp³-hybridized carbons (Fsp3) is 0.923. The van der Waals surface area contributed by atoms with Gasteiger partial charge in [0.2, 0.25) is 0 Å². The molecule has 1 aliphatic heterocycles. The minimum Gasteiger partial charge on any atom is -0.462 e. The lowest BCUT2D eigenvalue weighted by atomic mass is 9.85. The zero-order valence-electron chi connectivity index (χ0n) is 10.1. The Bertz CT molecular complexity index is 299. The Labute approximate surface area is 102 Å². The summed E-state index contributed by atoms with van der Waals surface area (Å²) in [4.78, 5) is 12.2.